The largest absolute Gasteiger partial charge is 0.329 e. The maximum atomic E-state index is 6.03. The maximum Gasteiger partial charge on any atom is 0.0931 e. The van der Waals surface area contributed by atoms with E-state index < -0.39 is 0 Å². The van der Waals surface area contributed by atoms with Gasteiger partial charge in [0.05, 0.1) is 10.4 Å². The summed E-state index contributed by atoms with van der Waals surface area (Å²) in [6.45, 7) is 9.56. The standard InChI is InChI=1S/C14H25ClN2S/c1-4-11(5-2)10-17(6-3)12(9-16)13-7-8-14(15)18-13/h7-8,11-12H,4-6,9-10,16H2,1-3H3. The van der Waals surface area contributed by atoms with E-state index in [9.17, 15) is 0 Å². The molecule has 0 aliphatic carbocycles. The molecule has 4 heteroatoms. The fraction of sp³-hybridized carbons (Fsp3) is 0.714. The van der Waals surface area contributed by atoms with Crippen LogP contribution in [0.5, 0.6) is 0 Å². The lowest BCUT2D eigenvalue weighted by Gasteiger charge is -2.32. The molecule has 1 unspecified atom stereocenters. The van der Waals surface area contributed by atoms with Gasteiger partial charge in [0.2, 0.25) is 0 Å². The van der Waals surface area contributed by atoms with Crippen molar-refractivity contribution >= 4 is 22.9 Å². The van der Waals surface area contributed by atoms with Gasteiger partial charge in [0, 0.05) is 18.0 Å². The smallest absolute Gasteiger partial charge is 0.0931 e. The summed E-state index contributed by atoms with van der Waals surface area (Å²) in [5.41, 5.74) is 5.97. The van der Waals surface area contributed by atoms with Gasteiger partial charge in [-0.15, -0.1) is 11.3 Å². The number of likely N-dealkylation sites (N-methyl/N-ethyl adjacent to an activating group) is 1. The van der Waals surface area contributed by atoms with Crippen LogP contribution in [0.25, 0.3) is 0 Å². The molecule has 2 nitrogen and oxygen atoms in total. The Labute approximate surface area is 120 Å². The van der Waals surface area contributed by atoms with E-state index in [1.54, 1.807) is 11.3 Å². The Balaban J connectivity index is 2.77. The van der Waals surface area contributed by atoms with E-state index in [0.717, 1.165) is 23.3 Å². The minimum Gasteiger partial charge on any atom is -0.329 e. The number of rotatable bonds is 8. The average molecular weight is 289 g/mol. The molecule has 0 radical (unpaired) electrons. The van der Waals surface area contributed by atoms with Gasteiger partial charge in [-0.2, -0.15) is 0 Å². The van der Waals surface area contributed by atoms with E-state index in [0.29, 0.717) is 12.6 Å². The van der Waals surface area contributed by atoms with Crippen LogP contribution < -0.4 is 5.73 Å². The molecule has 1 aromatic heterocycles. The molecular formula is C14H25ClN2S. The first kappa shape index (κ1) is 16.0. The molecule has 0 aliphatic heterocycles. The van der Waals surface area contributed by atoms with Crippen LogP contribution in [0.3, 0.4) is 0 Å². The molecule has 1 aromatic rings. The second kappa shape index (κ2) is 8.16. The summed E-state index contributed by atoms with van der Waals surface area (Å²) in [4.78, 5) is 3.77. The fourth-order valence-corrected chi connectivity index (χ4v) is 3.52. The molecule has 0 fully saturated rings. The van der Waals surface area contributed by atoms with E-state index >= 15 is 0 Å². The highest BCUT2D eigenvalue weighted by molar-refractivity contribution is 7.16. The number of halogens is 1. The monoisotopic (exact) mass is 288 g/mol. The highest BCUT2D eigenvalue weighted by Gasteiger charge is 2.21. The number of hydrogen-bond donors (Lipinski definition) is 1. The lowest BCUT2D eigenvalue weighted by molar-refractivity contribution is 0.176. The zero-order chi connectivity index (χ0) is 13.5. The highest BCUT2D eigenvalue weighted by Crippen LogP contribution is 2.30. The average Bonchev–Trinajstić information content (AvgIpc) is 2.81. The Morgan fingerprint density at radius 2 is 1.94 bits per heavy atom. The van der Waals surface area contributed by atoms with Crippen LogP contribution in [0.2, 0.25) is 4.34 Å². The summed E-state index contributed by atoms with van der Waals surface area (Å²) >= 11 is 7.68. The predicted octanol–water partition coefficient (Wildman–Crippen LogP) is 4.16. The number of nitrogens with zero attached hydrogens (tertiary/aromatic N) is 1. The van der Waals surface area contributed by atoms with E-state index in [2.05, 4.69) is 31.7 Å². The van der Waals surface area contributed by atoms with Crippen molar-refractivity contribution in [1.82, 2.24) is 4.90 Å². The van der Waals surface area contributed by atoms with Crippen molar-refractivity contribution in [3.63, 3.8) is 0 Å². The molecule has 0 bridgehead atoms. The van der Waals surface area contributed by atoms with E-state index in [1.807, 2.05) is 6.07 Å². The lowest BCUT2D eigenvalue weighted by atomic mass is 10.0. The second-order valence-electron chi connectivity index (χ2n) is 4.66. The Morgan fingerprint density at radius 3 is 2.33 bits per heavy atom. The first-order valence-corrected chi connectivity index (χ1v) is 8.04. The van der Waals surface area contributed by atoms with Crippen molar-refractivity contribution in [2.45, 2.75) is 39.7 Å². The van der Waals surface area contributed by atoms with Crippen LogP contribution in [0, 0.1) is 5.92 Å². The third-order valence-corrected chi connectivity index (χ3v) is 4.97. The van der Waals surface area contributed by atoms with Crippen LogP contribution >= 0.6 is 22.9 Å². The Bertz CT molecular complexity index is 336. The molecule has 1 atom stereocenters. The van der Waals surface area contributed by atoms with Crippen molar-refractivity contribution in [3.05, 3.63) is 21.3 Å². The molecule has 18 heavy (non-hydrogen) atoms. The Hall–Kier alpha value is -0.0900. The van der Waals surface area contributed by atoms with Gasteiger partial charge in [-0.1, -0.05) is 45.2 Å². The molecule has 0 saturated carbocycles. The number of hydrogen-bond acceptors (Lipinski definition) is 3. The summed E-state index contributed by atoms with van der Waals surface area (Å²) in [7, 11) is 0. The topological polar surface area (TPSA) is 29.3 Å². The van der Waals surface area contributed by atoms with Gasteiger partial charge in [0.1, 0.15) is 0 Å². The van der Waals surface area contributed by atoms with Crippen molar-refractivity contribution in [1.29, 1.82) is 0 Å². The van der Waals surface area contributed by atoms with E-state index in [1.165, 1.54) is 17.7 Å². The quantitative estimate of drug-likeness (QED) is 0.778. The van der Waals surface area contributed by atoms with Crippen LogP contribution in [-0.4, -0.2) is 24.5 Å². The minimum atomic E-state index is 0.313. The third-order valence-electron chi connectivity index (χ3n) is 3.64. The molecule has 0 aromatic carbocycles. The van der Waals surface area contributed by atoms with Gasteiger partial charge >= 0.3 is 0 Å². The zero-order valence-corrected chi connectivity index (χ0v) is 13.2. The molecule has 0 spiro atoms. The van der Waals surface area contributed by atoms with Crippen molar-refractivity contribution in [2.24, 2.45) is 11.7 Å². The predicted molar refractivity (Wildman–Crippen MR) is 82.4 cm³/mol. The van der Waals surface area contributed by atoms with Crippen molar-refractivity contribution in [2.75, 3.05) is 19.6 Å². The molecule has 0 saturated heterocycles. The zero-order valence-electron chi connectivity index (χ0n) is 11.7. The van der Waals surface area contributed by atoms with Gasteiger partial charge in [0.25, 0.3) is 0 Å². The van der Waals surface area contributed by atoms with Gasteiger partial charge in [0.15, 0.2) is 0 Å². The second-order valence-corrected chi connectivity index (χ2v) is 6.41. The Kier molecular flexibility index (Phi) is 7.23. The molecule has 1 heterocycles. The Morgan fingerprint density at radius 1 is 1.28 bits per heavy atom. The summed E-state index contributed by atoms with van der Waals surface area (Å²) in [6, 6.07) is 4.39. The maximum absolute atomic E-state index is 6.03. The first-order chi connectivity index (χ1) is 8.65. The van der Waals surface area contributed by atoms with Crippen LogP contribution in [0.15, 0.2) is 12.1 Å². The lowest BCUT2D eigenvalue weighted by Crippen LogP contribution is -2.36. The van der Waals surface area contributed by atoms with Crippen LogP contribution in [0.1, 0.15) is 44.5 Å². The van der Waals surface area contributed by atoms with Crippen LogP contribution in [-0.2, 0) is 0 Å². The summed E-state index contributed by atoms with van der Waals surface area (Å²) in [6.07, 6.45) is 2.46. The third kappa shape index (κ3) is 4.23. The van der Waals surface area contributed by atoms with Crippen LogP contribution in [0.4, 0.5) is 0 Å². The van der Waals surface area contributed by atoms with E-state index in [4.69, 9.17) is 17.3 Å². The molecule has 0 aliphatic rings. The van der Waals surface area contributed by atoms with Crippen molar-refractivity contribution < 1.29 is 0 Å². The summed E-state index contributed by atoms with van der Waals surface area (Å²) in [5.74, 6) is 0.759. The minimum absolute atomic E-state index is 0.313. The van der Waals surface area contributed by atoms with Gasteiger partial charge in [-0.3, -0.25) is 4.90 Å². The molecule has 104 valence electrons. The number of thiophene rings is 1. The fourth-order valence-electron chi connectivity index (χ4n) is 2.31. The van der Waals surface area contributed by atoms with E-state index in [-0.39, 0.29) is 0 Å². The highest BCUT2D eigenvalue weighted by atomic mass is 35.5. The molecular weight excluding hydrogens is 264 g/mol. The normalized spacial score (nSPS) is 13.5. The van der Waals surface area contributed by atoms with Gasteiger partial charge < -0.3 is 5.73 Å². The van der Waals surface area contributed by atoms with Crippen molar-refractivity contribution in [3.8, 4) is 0 Å². The summed E-state index contributed by atoms with van der Waals surface area (Å²) < 4.78 is 0.849. The SMILES string of the molecule is CCC(CC)CN(CC)C(CN)c1ccc(Cl)s1. The molecule has 0 amide bonds. The molecule has 1 rings (SSSR count). The van der Waals surface area contributed by atoms with Gasteiger partial charge in [-0.05, 0) is 24.6 Å². The van der Waals surface area contributed by atoms with Gasteiger partial charge in [-0.25, -0.2) is 0 Å². The first-order valence-electron chi connectivity index (χ1n) is 6.85. The number of nitrogens with two attached hydrogens (primary N) is 1. The molecule has 2 N–H and O–H groups in total. The summed E-state index contributed by atoms with van der Waals surface area (Å²) in [5, 5.41) is 0.